The molecule has 0 unspecified atom stereocenters. The summed E-state index contributed by atoms with van der Waals surface area (Å²) in [6.45, 7) is 4.14. The molecule has 1 atom stereocenters. The van der Waals surface area contributed by atoms with Crippen LogP contribution in [0.2, 0.25) is 0 Å². The van der Waals surface area contributed by atoms with E-state index in [-0.39, 0.29) is 17.4 Å². The fraction of sp³-hybridized carbons (Fsp3) is 0.357. The van der Waals surface area contributed by atoms with E-state index in [1.165, 1.54) is 5.56 Å². The second-order valence-corrected chi connectivity index (χ2v) is 4.77. The van der Waals surface area contributed by atoms with Crippen molar-refractivity contribution in [3.8, 4) is 0 Å². The molecule has 0 saturated carbocycles. The van der Waals surface area contributed by atoms with Gasteiger partial charge in [0, 0.05) is 19.6 Å². The zero-order chi connectivity index (χ0) is 15.1. The highest BCUT2D eigenvalue weighted by Gasteiger charge is 2.14. The van der Waals surface area contributed by atoms with Gasteiger partial charge < -0.3 is 16.4 Å². The average molecular weight is 289 g/mol. The van der Waals surface area contributed by atoms with Gasteiger partial charge in [0.25, 0.3) is 5.91 Å². The highest BCUT2D eigenvalue weighted by molar-refractivity contribution is 5.95. The third kappa shape index (κ3) is 4.28. The van der Waals surface area contributed by atoms with Crippen LogP contribution in [0.4, 0.5) is 5.82 Å². The molecule has 1 amide bonds. The summed E-state index contributed by atoms with van der Waals surface area (Å²) in [4.78, 5) is 11.7. The van der Waals surface area contributed by atoms with E-state index < -0.39 is 0 Å². The van der Waals surface area contributed by atoms with Crippen molar-refractivity contribution < 1.29 is 9.42 Å². The number of nitrogens with one attached hydrogen (secondary N) is 2. The molecule has 7 heteroatoms. The Kier molecular flexibility index (Phi) is 5.28. The Bertz CT molecular complexity index is 570. The normalized spacial score (nSPS) is 12.0. The van der Waals surface area contributed by atoms with Crippen molar-refractivity contribution in [1.29, 1.82) is 0 Å². The van der Waals surface area contributed by atoms with Crippen LogP contribution in [-0.4, -0.2) is 35.9 Å². The number of benzene rings is 1. The molecular formula is C14H19N5O2. The quantitative estimate of drug-likeness (QED) is 0.650. The molecule has 0 radical (unpaired) electrons. The first-order valence-electron chi connectivity index (χ1n) is 6.80. The van der Waals surface area contributed by atoms with Crippen LogP contribution >= 0.6 is 0 Å². The number of aromatic nitrogens is 2. The molecule has 0 aliphatic carbocycles. The van der Waals surface area contributed by atoms with Crippen LogP contribution in [0, 0.1) is 0 Å². The lowest BCUT2D eigenvalue weighted by Crippen LogP contribution is -2.33. The Balaban J connectivity index is 1.64. The molecule has 0 aliphatic rings. The van der Waals surface area contributed by atoms with Gasteiger partial charge >= 0.3 is 0 Å². The maximum Gasteiger partial charge on any atom is 0.277 e. The van der Waals surface area contributed by atoms with Crippen molar-refractivity contribution in [3.05, 3.63) is 41.6 Å². The summed E-state index contributed by atoms with van der Waals surface area (Å²) >= 11 is 0. The monoisotopic (exact) mass is 289 g/mol. The number of hydrogen-bond acceptors (Lipinski definition) is 6. The Hall–Kier alpha value is -2.41. The van der Waals surface area contributed by atoms with Gasteiger partial charge in [0.15, 0.2) is 0 Å². The predicted molar refractivity (Wildman–Crippen MR) is 78.8 cm³/mol. The molecule has 0 fully saturated rings. The molecule has 0 aliphatic heterocycles. The van der Waals surface area contributed by atoms with Crippen LogP contribution in [0.5, 0.6) is 0 Å². The van der Waals surface area contributed by atoms with E-state index in [9.17, 15) is 4.79 Å². The van der Waals surface area contributed by atoms with Crippen LogP contribution in [0.15, 0.2) is 35.0 Å². The number of carbonyl (C=O) groups is 1. The second-order valence-electron chi connectivity index (χ2n) is 4.77. The average Bonchev–Trinajstić information content (AvgIpc) is 2.93. The van der Waals surface area contributed by atoms with Gasteiger partial charge in [-0.05, 0) is 21.8 Å². The van der Waals surface area contributed by atoms with Gasteiger partial charge in [-0.15, -0.1) is 0 Å². The van der Waals surface area contributed by atoms with Crippen LogP contribution in [0.25, 0.3) is 0 Å². The summed E-state index contributed by atoms with van der Waals surface area (Å²) in [5.41, 5.74) is 6.74. The minimum Gasteiger partial charge on any atom is -0.379 e. The number of amides is 1. The van der Waals surface area contributed by atoms with Gasteiger partial charge in [-0.3, -0.25) is 4.79 Å². The molecule has 21 heavy (non-hydrogen) atoms. The van der Waals surface area contributed by atoms with Gasteiger partial charge in [-0.2, -0.15) is 0 Å². The Labute approximate surface area is 122 Å². The van der Waals surface area contributed by atoms with Gasteiger partial charge in [0.05, 0.1) is 0 Å². The summed E-state index contributed by atoms with van der Waals surface area (Å²) in [6.07, 6.45) is 0. The van der Waals surface area contributed by atoms with Crippen LogP contribution in [0.1, 0.15) is 28.9 Å². The van der Waals surface area contributed by atoms with E-state index in [0.717, 1.165) is 6.54 Å². The minimum atomic E-state index is -0.383. The van der Waals surface area contributed by atoms with Crippen molar-refractivity contribution in [2.24, 2.45) is 0 Å². The van der Waals surface area contributed by atoms with Crippen molar-refractivity contribution in [2.75, 3.05) is 25.4 Å². The molecule has 7 nitrogen and oxygen atoms in total. The fourth-order valence-electron chi connectivity index (χ4n) is 1.92. The second kappa shape index (κ2) is 7.39. The standard InChI is InChI=1S/C14H19N5O2/c1-10(11-5-3-2-4-6-11)9-16-7-8-17-14(20)12-13(15)19-21-18-12/h2-6,10,16H,7-9H2,1H3,(H2,15,19)(H,17,20)/t10-/m1/s1. The molecule has 0 bridgehead atoms. The van der Waals surface area contributed by atoms with Crippen LogP contribution in [0.3, 0.4) is 0 Å². The largest absolute Gasteiger partial charge is 0.379 e. The predicted octanol–water partition coefficient (Wildman–Crippen LogP) is 0.775. The molecule has 1 heterocycles. The van der Waals surface area contributed by atoms with Crippen molar-refractivity contribution >= 4 is 11.7 Å². The number of anilines is 1. The molecule has 1 aromatic heterocycles. The van der Waals surface area contributed by atoms with E-state index in [4.69, 9.17) is 5.73 Å². The molecule has 0 saturated heterocycles. The summed E-state index contributed by atoms with van der Waals surface area (Å²) in [5.74, 6) is 0.0297. The highest BCUT2D eigenvalue weighted by Crippen LogP contribution is 2.12. The van der Waals surface area contributed by atoms with E-state index in [1.54, 1.807) is 0 Å². The summed E-state index contributed by atoms with van der Waals surface area (Å²) in [7, 11) is 0. The Morgan fingerprint density at radius 2 is 2.05 bits per heavy atom. The topological polar surface area (TPSA) is 106 Å². The number of nitrogens with two attached hydrogens (primary N) is 1. The molecular weight excluding hydrogens is 270 g/mol. The molecule has 112 valence electrons. The summed E-state index contributed by atoms with van der Waals surface area (Å²) in [5, 5.41) is 12.8. The lowest BCUT2D eigenvalue weighted by Gasteiger charge is -2.13. The Morgan fingerprint density at radius 3 is 2.71 bits per heavy atom. The maximum atomic E-state index is 11.7. The molecule has 1 aromatic carbocycles. The van der Waals surface area contributed by atoms with Crippen molar-refractivity contribution in [3.63, 3.8) is 0 Å². The van der Waals surface area contributed by atoms with E-state index >= 15 is 0 Å². The summed E-state index contributed by atoms with van der Waals surface area (Å²) in [6, 6.07) is 10.3. The van der Waals surface area contributed by atoms with Gasteiger partial charge in [0.1, 0.15) is 0 Å². The van der Waals surface area contributed by atoms with Gasteiger partial charge in [-0.25, -0.2) is 4.63 Å². The van der Waals surface area contributed by atoms with Gasteiger partial charge in [0.2, 0.25) is 11.5 Å². The molecule has 2 rings (SSSR count). The smallest absolute Gasteiger partial charge is 0.277 e. The number of nitrogen functional groups attached to an aromatic ring is 1. The number of hydrogen-bond donors (Lipinski definition) is 3. The SMILES string of the molecule is C[C@H](CNCCNC(=O)c1nonc1N)c1ccccc1. The zero-order valence-electron chi connectivity index (χ0n) is 11.9. The maximum absolute atomic E-state index is 11.7. The first kappa shape index (κ1) is 15.0. The van der Waals surface area contributed by atoms with E-state index in [0.29, 0.717) is 19.0 Å². The first-order chi connectivity index (χ1) is 10.2. The van der Waals surface area contributed by atoms with E-state index in [2.05, 4.69) is 44.6 Å². The Morgan fingerprint density at radius 1 is 1.29 bits per heavy atom. The molecule has 0 spiro atoms. The number of carbonyl (C=O) groups excluding carboxylic acids is 1. The van der Waals surface area contributed by atoms with Crippen LogP contribution < -0.4 is 16.4 Å². The number of rotatable bonds is 7. The third-order valence-corrected chi connectivity index (χ3v) is 3.14. The fourth-order valence-corrected chi connectivity index (χ4v) is 1.92. The molecule has 2 aromatic rings. The minimum absolute atomic E-state index is 0.00170. The lowest BCUT2D eigenvalue weighted by atomic mass is 10.0. The number of nitrogens with zero attached hydrogens (tertiary/aromatic N) is 2. The third-order valence-electron chi connectivity index (χ3n) is 3.14. The van der Waals surface area contributed by atoms with E-state index in [1.807, 2.05) is 18.2 Å². The van der Waals surface area contributed by atoms with Crippen molar-refractivity contribution in [1.82, 2.24) is 20.9 Å². The summed E-state index contributed by atoms with van der Waals surface area (Å²) < 4.78 is 4.37. The highest BCUT2D eigenvalue weighted by atomic mass is 16.6. The van der Waals surface area contributed by atoms with Gasteiger partial charge in [-0.1, -0.05) is 37.3 Å². The van der Waals surface area contributed by atoms with Crippen molar-refractivity contribution in [2.45, 2.75) is 12.8 Å². The lowest BCUT2D eigenvalue weighted by molar-refractivity contribution is 0.0944. The first-order valence-corrected chi connectivity index (χ1v) is 6.80. The molecule has 4 N–H and O–H groups in total. The van der Waals surface area contributed by atoms with Crippen LogP contribution in [-0.2, 0) is 0 Å². The zero-order valence-corrected chi connectivity index (χ0v) is 11.9.